The van der Waals surface area contributed by atoms with Crippen molar-refractivity contribution in [2.45, 2.75) is 17.6 Å². The number of methoxy groups -OCH3 is 1. The van der Waals surface area contributed by atoms with Crippen LogP contribution in [0.2, 0.25) is 0 Å². The number of benzene rings is 2. The fourth-order valence-corrected chi connectivity index (χ4v) is 4.27. The molecule has 0 aliphatic heterocycles. The third-order valence-corrected chi connectivity index (χ3v) is 6.17. The van der Waals surface area contributed by atoms with Gasteiger partial charge in [-0.05, 0) is 30.3 Å². The summed E-state index contributed by atoms with van der Waals surface area (Å²) in [5, 5.41) is 0.338. The fourth-order valence-electron chi connectivity index (χ4n) is 2.84. The molecular weight excluding hydrogens is 423 g/mol. The zero-order chi connectivity index (χ0) is 21.9. The van der Waals surface area contributed by atoms with Crippen LogP contribution in [0.25, 0.3) is 10.9 Å². The highest BCUT2D eigenvalue weighted by Gasteiger charge is 2.33. The number of hydrogen-bond donors (Lipinski definition) is 1. The number of alkyl halides is 3. The van der Waals surface area contributed by atoms with E-state index in [1.54, 1.807) is 24.3 Å². The summed E-state index contributed by atoms with van der Waals surface area (Å²) in [7, 11) is -2.96. The van der Waals surface area contributed by atoms with E-state index in [1.807, 2.05) is 0 Å². The maximum Gasteiger partial charge on any atom is 0.416 e. The largest absolute Gasteiger partial charge is 0.416 e. The van der Waals surface area contributed by atoms with Gasteiger partial charge < -0.3 is 9.72 Å². The monoisotopic (exact) mass is 441 g/mol. The van der Waals surface area contributed by atoms with Crippen molar-refractivity contribution in [1.82, 2.24) is 14.3 Å². The van der Waals surface area contributed by atoms with Crippen LogP contribution < -0.4 is 5.56 Å². The molecule has 1 N–H and O–H groups in total. The molecule has 3 rings (SSSR count). The minimum absolute atomic E-state index is 0.00396. The van der Waals surface area contributed by atoms with Gasteiger partial charge in [0.05, 0.1) is 34.5 Å². The van der Waals surface area contributed by atoms with Gasteiger partial charge >= 0.3 is 6.18 Å². The molecule has 0 saturated heterocycles. The minimum Gasteiger partial charge on any atom is -0.383 e. The molecule has 0 atom stereocenters. The number of para-hydroxylation sites is 1. The van der Waals surface area contributed by atoms with E-state index in [0.29, 0.717) is 17.0 Å². The second-order valence-corrected chi connectivity index (χ2v) is 8.32. The highest BCUT2D eigenvalue weighted by Crippen LogP contribution is 2.31. The Balaban J connectivity index is 2.01. The number of rotatable bonds is 7. The van der Waals surface area contributed by atoms with E-state index in [-0.39, 0.29) is 25.5 Å². The van der Waals surface area contributed by atoms with Crippen LogP contribution in [0.4, 0.5) is 13.2 Å². The van der Waals surface area contributed by atoms with Gasteiger partial charge in [0.25, 0.3) is 5.56 Å². The van der Waals surface area contributed by atoms with E-state index in [2.05, 4.69) is 9.97 Å². The number of H-pyrrole nitrogens is 1. The van der Waals surface area contributed by atoms with Crippen LogP contribution in [0, 0.1) is 0 Å². The predicted molar refractivity (Wildman–Crippen MR) is 103 cm³/mol. The zero-order valence-corrected chi connectivity index (χ0v) is 16.6. The molecule has 0 unspecified atom stereocenters. The van der Waals surface area contributed by atoms with E-state index >= 15 is 0 Å². The van der Waals surface area contributed by atoms with Crippen LogP contribution in [0.5, 0.6) is 0 Å². The molecule has 2 aromatic carbocycles. The Morgan fingerprint density at radius 3 is 2.57 bits per heavy atom. The van der Waals surface area contributed by atoms with Crippen LogP contribution in [0.3, 0.4) is 0 Å². The summed E-state index contributed by atoms with van der Waals surface area (Å²) >= 11 is 0. The summed E-state index contributed by atoms with van der Waals surface area (Å²) in [6.45, 7) is -0.496. The summed E-state index contributed by atoms with van der Waals surface area (Å²) in [6, 6.07) is 10.0. The number of halogens is 3. The van der Waals surface area contributed by atoms with Crippen LogP contribution in [0.1, 0.15) is 11.4 Å². The Hall–Kier alpha value is -2.76. The van der Waals surface area contributed by atoms with E-state index in [4.69, 9.17) is 4.74 Å². The zero-order valence-electron chi connectivity index (χ0n) is 15.8. The van der Waals surface area contributed by atoms with Crippen LogP contribution in [-0.4, -0.2) is 43.0 Å². The van der Waals surface area contributed by atoms with E-state index in [1.165, 1.54) is 7.11 Å². The molecule has 1 aromatic heterocycles. The molecule has 3 aromatic rings. The van der Waals surface area contributed by atoms with Gasteiger partial charge in [0.15, 0.2) is 0 Å². The number of aromatic amines is 1. The summed E-state index contributed by atoms with van der Waals surface area (Å²) in [4.78, 5) is 18.5. The SMILES string of the molecule is COCCN(Cc1nc2ccccc2c(=O)[nH]1)S(=O)(=O)c1cccc(C(F)(F)F)c1. The van der Waals surface area contributed by atoms with E-state index in [0.717, 1.165) is 22.5 Å². The topological polar surface area (TPSA) is 92.4 Å². The first-order valence-electron chi connectivity index (χ1n) is 8.77. The van der Waals surface area contributed by atoms with Crippen LogP contribution in [-0.2, 0) is 27.5 Å². The third-order valence-electron chi connectivity index (χ3n) is 4.33. The molecule has 0 bridgehead atoms. The van der Waals surface area contributed by atoms with Crippen molar-refractivity contribution < 1.29 is 26.3 Å². The van der Waals surface area contributed by atoms with Crippen LogP contribution >= 0.6 is 0 Å². The lowest BCUT2D eigenvalue weighted by Crippen LogP contribution is -2.35. The molecule has 0 radical (unpaired) electrons. The molecule has 160 valence electrons. The lowest BCUT2D eigenvalue weighted by atomic mass is 10.2. The Morgan fingerprint density at radius 1 is 1.13 bits per heavy atom. The number of aromatic nitrogens is 2. The van der Waals surface area contributed by atoms with E-state index < -0.39 is 32.2 Å². The normalized spacial score (nSPS) is 12.6. The van der Waals surface area contributed by atoms with E-state index in [9.17, 15) is 26.4 Å². The minimum atomic E-state index is -4.69. The molecule has 1 heterocycles. The maximum atomic E-state index is 13.1. The number of sulfonamides is 1. The van der Waals surface area contributed by atoms with Crippen molar-refractivity contribution in [1.29, 1.82) is 0 Å². The summed E-state index contributed by atoms with van der Waals surface area (Å²) in [5.74, 6) is 0.0605. The second kappa shape index (κ2) is 8.54. The highest BCUT2D eigenvalue weighted by atomic mass is 32.2. The smallest absolute Gasteiger partial charge is 0.383 e. The number of fused-ring (bicyclic) bond motifs is 1. The lowest BCUT2D eigenvalue weighted by molar-refractivity contribution is -0.137. The van der Waals surface area contributed by atoms with Crippen molar-refractivity contribution in [2.24, 2.45) is 0 Å². The molecule has 0 spiro atoms. The summed E-state index contributed by atoms with van der Waals surface area (Å²) in [5.41, 5.74) is -1.15. The van der Waals surface area contributed by atoms with Gasteiger partial charge in [0.1, 0.15) is 5.82 Å². The first-order chi connectivity index (χ1) is 14.1. The number of nitrogens with zero attached hydrogens (tertiary/aromatic N) is 2. The lowest BCUT2D eigenvalue weighted by Gasteiger charge is -2.22. The molecule has 0 fully saturated rings. The van der Waals surface area contributed by atoms with Crippen molar-refractivity contribution in [3.63, 3.8) is 0 Å². The molecule has 0 amide bonds. The quantitative estimate of drug-likeness (QED) is 0.609. The molecule has 0 aliphatic carbocycles. The Labute approximate surface area is 170 Å². The Morgan fingerprint density at radius 2 is 1.87 bits per heavy atom. The molecule has 30 heavy (non-hydrogen) atoms. The summed E-state index contributed by atoms with van der Waals surface area (Å²) < 4.78 is 71.0. The van der Waals surface area contributed by atoms with Gasteiger partial charge in [-0.15, -0.1) is 0 Å². The van der Waals surface area contributed by atoms with Crippen LogP contribution in [0.15, 0.2) is 58.2 Å². The number of ether oxygens (including phenoxy) is 1. The Bertz CT molecular complexity index is 1210. The van der Waals surface area contributed by atoms with Gasteiger partial charge in [-0.2, -0.15) is 17.5 Å². The van der Waals surface area contributed by atoms with Gasteiger partial charge in [-0.1, -0.05) is 18.2 Å². The third kappa shape index (κ3) is 4.69. The summed E-state index contributed by atoms with van der Waals surface area (Å²) in [6.07, 6.45) is -4.69. The first kappa shape index (κ1) is 21.9. The van der Waals surface area contributed by atoms with Gasteiger partial charge in [0, 0.05) is 13.7 Å². The van der Waals surface area contributed by atoms with Crippen molar-refractivity contribution in [3.05, 3.63) is 70.3 Å². The van der Waals surface area contributed by atoms with Gasteiger partial charge in [0.2, 0.25) is 10.0 Å². The average molecular weight is 441 g/mol. The second-order valence-electron chi connectivity index (χ2n) is 6.39. The predicted octanol–water partition coefficient (Wildman–Crippen LogP) is 2.78. The number of hydrogen-bond acceptors (Lipinski definition) is 5. The molecule has 0 aliphatic rings. The van der Waals surface area contributed by atoms with Gasteiger partial charge in [-0.25, -0.2) is 13.4 Å². The van der Waals surface area contributed by atoms with Gasteiger partial charge in [-0.3, -0.25) is 4.79 Å². The molecular formula is C19H18F3N3O4S. The average Bonchev–Trinajstić information content (AvgIpc) is 2.70. The maximum absolute atomic E-state index is 13.1. The van der Waals surface area contributed by atoms with Crippen molar-refractivity contribution >= 4 is 20.9 Å². The van der Waals surface area contributed by atoms with Crippen molar-refractivity contribution in [3.8, 4) is 0 Å². The highest BCUT2D eigenvalue weighted by molar-refractivity contribution is 7.89. The Kier molecular flexibility index (Phi) is 6.25. The molecule has 11 heteroatoms. The fraction of sp³-hybridized carbons (Fsp3) is 0.263. The molecule has 7 nitrogen and oxygen atoms in total. The molecule has 0 saturated carbocycles. The standard InChI is InChI=1S/C19H18F3N3O4S/c1-29-10-9-25(12-17-23-16-8-3-2-7-15(16)18(26)24-17)30(27,28)14-6-4-5-13(11-14)19(20,21)22/h2-8,11H,9-10,12H2,1H3,(H,23,24,26). The first-order valence-corrected chi connectivity index (χ1v) is 10.2. The number of nitrogens with one attached hydrogen (secondary N) is 1. The van der Waals surface area contributed by atoms with Crippen molar-refractivity contribution in [2.75, 3.05) is 20.3 Å².